The fraction of sp³-hybridized carbons (Fsp3) is 0.875. The highest BCUT2D eigenvalue weighted by atomic mass is 16.5. The number of hydrogen-bond acceptors (Lipinski definition) is 3. The van der Waals surface area contributed by atoms with E-state index in [1.807, 2.05) is 7.05 Å². The summed E-state index contributed by atoms with van der Waals surface area (Å²) in [4.78, 5) is 12.9. The number of carbonyl (C=O) groups is 1. The molecule has 0 aliphatic rings. The van der Waals surface area contributed by atoms with Crippen LogP contribution in [0.1, 0.15) is 13.8 Å². The summed E-state index contributed by atoms with van der Waals surface area (Å²) in [5.74, 6) is 0. The molecule has 0 aliphatic heterocycles. The van der Waals surface area contributed by atoms with E-state index >= 15 is 0 Å². The predicted octanol–water partition coefficient (Wildman–Crippen LogP) is 0.684. The van der Waals surface area contributed by atoms with E-state index in [0.29, 0.717) is 13.2 Å². The number of likely N-dealkylation sites (N-methyl/N-ethyl adjacent to an activating group) is 1. The van der Waals surface area contributed by atoms with Gasteiger partial charge in [0.15, 0.2) is 0 Å². The van der Waals surface area contributed by atoms with Gasteiger partial charge in [-0.15, -0.1) is 0 Å². The van der Waals surface area contributed by atoms with Gasteiger partial charge in [-0.3, -0.25) is 0 Å². The Kier molecular flexibility index (Phi) is 6.47. The lowest BCUT2D eigenvalue weighted by Crippen LogP contribution is -2.33. The molecule has 0 rings (SSSR count). The third-order valence-corrected chi connectivity index (χ3v) is 1.58. The molecule has 1 N–H and O–H groups in total. The minimum absolute atomic E-state index is 0.331. The van der Waals surface area contributed by atoms with Crippen molar-refractivity contribution in [2.75, 3.05) is 33.3 Å². The molecule has 72 valence electrons. The van der Waals surface area contributed by atoms with E-state index in [2.05, 4.69) is 21.9 Å². The summed E-state index contributed by atoms with van der Waals surface area (Å²) >= 11 is 0. The largest absolute Gasteiger partial charge is 0.450 e. The number of rotatable bonds is 5. The Hall–Kier alpha value is -0.770. The predicted molar refractivity (Wildman–Crippen MR) is 48.2 cm³/mol. The first-order chi connectivity index (χ1) is 5.70. The van der Waals surface area contributed by atoms with Crippen molar-refractivity contribution in [3.63, 3.8) is 0 Å². The average molecular weight is 174 g/mol. The molecule has 4 heteroatoms. The van der Waals surface area contributed by atoms with Crippen LogP contribution in [0, 0.1) is 0 Å². The van der Waals surface area contributed by atoms with Crippen LogP contribution in [0.5, 0.6) is 0 Å². The lowest BCUT2D eigenvalue weighted by molar-refractivity contribution is 0.151. The van der Waals surface area contributed by atoms with Crippen molar-refractivity contribution < 1.29 is 9.53 Å². The molecule has 0 unspecified atom stereocenters. The SMILES string of the molecule is CCOC(=O)NCCN(C)CC. The monoisotopic (exact) mass is 174 g/mol. The van der Waals surface area contributed by atoms with Gasteiger partial charge < -0.3 is 15.0 Å². The summed E-state index contributed by atoms with van der Waals surface area (Å²) in [6, 6.07) is 0. The highest BCUT2D eigenvalue weighted by Gasteiger charge is 1.99. The normalized spacial score (nSPS) is 10.0. The van der Waals surface area contributed by atoms with Crippen LogP contribution >= 0.6 is 0 Å². The number of ether oxygens (including phenoxy) is 1. The van der Waals surface area contributed by atoms with Crippen LogP contribution in [0.15, 0.2) is 0 Å². The molecule has 0 bridgehead atoms. The first-order valence-electron chi connectivity index (χ1n) is 4.29. The Bertz CT molecular complexity index is 128. The number of amides is 1. The van der Waals surface area contributed by atoms with Gasteiger partial charge in [-0.1, -0.05) is 6.92 Å². The van der Waals surface area contributed by atoms with Crippen molar-refractivity contribution in [2.45, 2.75) is 13.8 Å². The van der Waals surface area contributed by atoms with E-state index in [0.717, 1.165) is 13.1 Å². The smallest absolute Gasteiger partial charge is 0.407 e. The Morgan fingerprint density at radius 1 is 1.50 bits per heavy atom. The molecule has 4 nitrogen and oxygen atoms in total. The molecule has 0 aromatic rings. The second kappa shape index (κ2) is 6.91. The molecule has 0 saturated carbocycles. The fourth-order valence-electron chi connectivity index (χ4n) is 0.689. The molecule has 0 atom stereocenters. The van der Waals surface area contributed by atoms with Crippen molar-refractivity contribution in [1.82, 2.24) is 10.2 Å². The standard InChI is InChI=1S/C8H18N2O2/c1-4-10(3)7-6-9-8(11)12-5-2/h4-7H2,1-3H3,(H,9,11). The molecule has 0 heterocycles. The maximum atomic E-state index is 10.8. The maximum absolute atomic E-state index is 10.8. The van der Waals surface area contributed by atoms with Gasteiger partial charge in [0, 0.05) is 13.1 Å². The summed E-state index contributed by atoms with van der Waals surface area (Å²) in [5.41, 5.74) is 0. The minimum Gasteiger partial charge on any atom is -0.450 e. The average Bonchev–Trinajstić information content (AvgIpc) is 2.04. The van der Waals surface area contributed by atoms with Gasteiger partial charge in [-0.25, -0.2) is 4.79 Å². The first kappa shape index (κ1) is 11.2. The Morgan fingerprint density at radius 3 is 2.67 bits per heavy atom. The van der Waals surface area contributed by atoms with Gasteiger partial charge >= 0.3 is 6.09 Å². The van der Waals surface area contributed by atoms with E-state index < -0.39 is 0 Å². The number of alkyl carbamates (subject to hydrolysis) is 1. The van der Waals surface area contributed by atoms with E-state index in [1.54, 1.807) is 6.92 Å². The highest BCUT2D eigenvalue weighted by molar-refractivity contribution is 5.66. The lowest BCUT2D eigenvalue weighted by Gasteiger charge is -2.13. The highest BCUT2D eigenvalue weighted by Crippen LogP contribution is 1.79. The van der Waals surface area contributed by atoms with Crippen molar-refractivity contribution >= 4 is 6.09 Å². The first-order valence-corrected chi connectivity index (χ1v) is 4.29. The summed E-state index contributed by atoms with van der Waals surface area (Å²) < 4.78 is 4.69. The lowest BCUT2D eigenvalue weighted by atomic mass is 10.5. The molecular weight excluding hydrogens is 156 g/mol. The van der Waals surface area contributed by atoms with E-state index in [-0.39, 0.29) is 6.09 Å². The van der Waals surface area contributed by atoms with Gasteiger partial charge in [-0.2, -0.15) is 0 Å². The van der Waals surface area contributed by atoms with Crippen LogP contribution in [0.2, 0.25) is 0 Å². The molecule has 0 radical (unpaired) electrons. The topological polar surface area (TPSA) is 41.6 Å². The fourth-order valence-corrected chi connectivity index (χ4v) is 0.689. The quantitative estimate of drug-likeness (QED) is 0.666. The second-order valence-corrected chi connectivity index (χ2v) is 2.54. The van der Waals surface area contributed by atoms with Crippen LogP contribution in [0.3, 0.4) is 0 Å². The number of nitrogens with one attached hydrogen (secondary N) is 1. The third kappa shape index (κ3) is 5.97. The van der Waals surface area contributed by atoms with Gasteiger partial charge in [0.25, 0.3) is 0 Å². The van der Waals surface area contributed by atoms with Crippen LogP contribution in [0.25, 0.3) is 0 Å². The molecule has 12 heavy (non-hydrogen) atoms. The molecule has 0 fully saturated rings. The minimum atomic E-state index is -0.331. The summed E-state index contributed by atoms with van der Waals surface area (Å²) in [6.45, 7) is 6.78. The summed E-state index contributed by atoms with van der Waals surface area (Å²) in [6.07, 6.45) is -0.331. The number of carbonyl (C=O) groups excluding carboxylic acids is 1. The summed E-state index contributed by atoms with van der Waals surface area (Å²) in [5, 5.41) is 2.65. The molecule has 0 aromatic carbocycles. The zero-order valence-electron chi connectivity index (χ0n) is 8.09. The Balaban J connectivity index is 3.24. The molecular formula is C8H18N2O2. The Morgan fingerprint density at radius 2 is 2.17 bits per heavy atom. The molecule has 1 amide bonds. The maximum Gasteiger partial charge on any atom is 0.407 e. The molecule has 0 spiro atoms. The molecule has 0 aromatic heterocycles. The van der Waals surface area contributed by atoms with Crippen molar-refractivity contribution in [3.8, 4) is 0 Å². The van der Waals surface area contributed by atoms with Gasteiger partial charge in [0.05, 0.1) is 6.61 Å². The summed E-state index contributed by atoms with van der Waals surface area (Å²) in [7, 11) is 2.01. The van der Waals surface area contributed by atoms with E-state index in [4.69, 9.17) is 0 Å². The van der Waals surface area contributed by atoms with Gasteiger partial charge in [0.2, 0.25) is 0 Å². The number of nitrogens with zero attached hydrogens (tertiary/aromatic N) is 1. The van der Waals surface area contributed by atoms with E-state index in [1.165, 1.54) is 0 Å². The molecule has 0 saturated heterocycles. The zero-order chi connectivity index (χ0) is 9.40. The van der Waals surface area contributed by atoms with Crippen LogP contribution in [0.4, 0.5) is 4.79 Å². The zero-order valence-corrected chi connectivity index (χ0v) is 8.09. The van der Waals surface area contributed by atoms with Crippen molar-refractivity contribution in [2.24, 2.45) is 0 Å². The Labute approximate surface area is 73.9 Å². The van der Waals surface area contributed by atoms with Gasteiger partial charge in [0.1, 0.15) is 0 Å². The van der Waals surface area contributed by atoms with Crippen LogP contribution in [-0.2, 0) is 4.74 Å². The van der Waals surface area contributed by atoms with E-state index in [9.17, 15) is 4.79 Å². The van der Waals surface area contributed by atoms with Crippen molar-refractivity contribution in [1.29, 1.82) is 0 Å². The number of hydrogen-bond donors (Lipinski definition) is 1. The van der Waals surface area contributed by atoms with Crippen molar-refractivity contribution in [3.05, 3.63) is 0 Å². The third-order valence-electron chi connectivity index (χ3n) is 1.58. The van der Waals surface area contributed by atoms with Crippen LogP contribution in [-0.4, -0.2) is 44.3 Å². The van der Waals surface area contributed by atoms with Gasteiger partial charge in [-0.05, 0) is 20.5 Å². The van der Waals surface area contributed by atoms with Crippen LogP contribution < -0.4 is 5.32 Å². The molecule has 0 aliphatic carbocycles. The second-order valence-electron chi connectivity index (χ2n) is 2.54.